The number of aryl methyl sites for hydroxylation is 2. The zero-order valence-electron chi connectivity index (χ0n) is 10.6. The fraction of sp³-hybridized carbons (Fsp3) is 0.200. The summed E-state index contributed by atoms with van der Waals surface area (Å²) in [4.78, 5) is 16.2. The maximum atomic E-state index is 12.2. The van der Waals surface area contributed by atoms with Gasteiger partial charge in [-0.3, -0.25) is 9.78 Å². The lowest BCUT2D eigenvalue weighted by Gasteiger charge is -2.07. The number of nitrogens with zero attached hydrogens (tertiary/aromatic N) is 1. The maximum Gasteiger partial charge on any atom is 0.187 e. The van der Waals surface area contributed by atoms with Crippen LogP contribution in [-0.2, 0) is 6.42 Å². The lowest BCUT2D eigenvalue weighted by atomic mass is 9.99. The van der Waals surface area contributed by atoms with Gasteiger partial charge in [0.25, 0.3) is 0 Å². The van der Waals surface area contributed by atoms with E-state index in [1.807, 2.05) is 32.0 Å². The highest BCUT2D eigenvalue weighted by Gasteiger charge is 2.12. The van der Waals surface area contributed by atoms with Gasteiger partial charge in [-0.1, -0.05) is 23.8 Å². The smallest absolute Gasteiger partial charge is 0.187 e. The fourth-order valence-corrected chi connectivity index (χ4v) is 1.90. The second kappa shape index (κ2) is 5.00. The number of hydrogen-bond acceptors (Lipinski definition) is 3. The van der Waals surface area contributed by atoms with Crippen molar-refractivity contribution in [2.24, 2.45) is 0 Å². The molecule has 2 N–H and O–H groups in total. The summed E-state index contributed by atoms with van der Waals surface area (Å²) >= 11 is 0. The van der Waals surface area contributed by atoms with Crippen molar-refractivity contribution >= 4 is 11.5 Å². The van der Waals surface area contributed by atoms with Crippen LogP contribution in [-0.4, -0.2) is 10.8 Å². The number of rotatable bonds is 3. The molecule has 1 heterocycles. The Morgan fingerprint density at radius 3 is 2.78 bits per heavy atom. The van der Waals surface area contributed by atoms with Crippen molar-refractivity contribution < 1.29 is 4.79 Å². The summed E-state index contributed by atoms with van der Waals surface area (Å²) in [6.45, 7) is 4.02. The van der Waals surface area contributed by atoms with Gasteiger partial charge in [-0.15, -0.1) is 0 Å². The molecule has 1 aromatic heterocycles. The molecular formula is C15H16N2O. The number of hydrogen-bond donors (Lipinski definition) is 1. The van der Waals surface area contributed by atoms with Crippen molar-refractivity contribution in [2.75, 3.05) is 5.73 Å². The van der Waals surface area contributed by atoms with Crippen LogP contribution in [0.4, 0.5) is 5.69 Å². The Bertz CT molecular complexity index is 591. The average molecular weight is 240 g/mol. The number of pyridine rings is 1. The molecule has 1 aromatic carbocycles. The Kier molecular flexibility index (Phi) is 3.42. The first kappa shape index (κ1) is 12.3. The molecule has 0 aliphatic rings. The Morgan fingerprint density at radius 2 is 2.06 bits per heavy atom. The summed E-state index contributed by atoms with van der Waals surface area (Å²) in [7, 11) is 0. The van der Waals surface area contributed by atoms with Crippen molar-refractivity contribution in [3.63, 3.8) is 0 Å². The van der Waals surface area contributed by atoms with E-state index in [2.05, 4.69) is 4.98 Å². The van der Waals surface area contributed by atoms with Gasteiger partial charge in [0, 0.05) is 12.6 Å². The molecule has 2 aromatic rings. The van der Waals surface area contributed by atoms with Gasteiger partial charge in [0.1, 0.15) is 5.69 Å². The summed E-state index contributed by atoms with van der Waals surface area (Å²) in [5, 5.41) is 0. The number of carbonyl (C=O) groups excluding carboxylic acids is 1. The van der Waals surface area contributed by atoms with Crippen LogP contribution >= 0.6 is 0 Å². The summed E-state index contributed by atoms with van der Waals surface area (Å²) < 4.78 is 0. The van der Waals surface area contributed by atoms with Crippen molar-refractivity contribution in [3.05, 3.63) is 58.9 Å². The largest absolute Gasteiger partial charge is 0.397 e. The highest BCUT2D eigenvalue weighted by atomic mass is 16.1. The zero-order chi connectivity index (χ0) is 13.1. The number of Topliss-reactive ketones (excluding diaryl/α,β-unsaturated/α-hetero) is 1. The summed E-state index contributed by atoms with van der Waals surface area (Å²) in [6, 6.07) is 9.53. The topological polar surface area (TPSA) is 56.0 Å². The zero-order valence-corrected chi connectivity index (χ0v) is 10.6. The Hall–Kier alpha value is -2.16. The molecule has 0 saturated carbocycles. The number of carbonyl (C=O) groups is 1. The first-order valence-corrected chi connectivity index (χ1v) is 5.88. The predicted octanol–water partition coefficient (Wildman–Crippen LogP) is 2.71. The molecule has 3 nitrogen and oxygen atoms in total. The van der Waals surface area contributed by atoms with Crippen LogP contribution in [0, 0.1) is 13.8 Å². The van der Waals surface area contributed by atoms with E-state index in [1.165, 1.54) is 0 Å². The number of anilines is 1. The van der Waals surface area contributed by atoms with E-state index in [0.29, 0.717) is 17.8 Å². The quantitative estimate of drug-likeness (QED) is 0.839. The summed E-state index contributed by atoms with van der Waals surface area (Å²) in [5.74, 6) is -0.0400. The van der Waals surface area contributed by atoms with Gasteiger partial charge >= 0.3 is 0 Å². The highest BCUT2D eigenvalue weighted by molar-refractivity contribution is 6.00. The lowest BCUT2D eigenvalue weighted by Crippen LogP contribution is -2.10. The molecule has 0 bridgehead atoms. The standard InChI is InChI=1S/C15H16N2O/c1-10-5-6-11(2)12(8-10)9-14(18)15-13(16)4-3-7-17-15/h3-8H,9,16H2,1-2H3. The van der Waals surface area contributed by atoms with Crippen molar-refractivity contribution in [1.29, 1.82) is 0 Å². The molecule has 0 amide bonds. The third-order valence-electron chi connectivity index (χ3n) is 2.96. The molecule has 0 atom stereocenters. The van der Waals surface area contributed by atoms with E-state index < -0.39 is 0 Å². The van der Waals surface area contributed by atoms with Crippen LogP contribution < -0.4 is 5.73 Å². The second-order valence-corrected chi connectivity index (χ2v) is 4.47. The van der Waals surface area contributed by atoms with E-state index in [0.717, 1.165) is 16.7 Å². The SMILES string of the molecule is Cc1ccc(C)c(CC(=O)c2ncccc2N)c1. The van der Waals surface area contributed by atoms with Crippen molar-refractivity contribution in [3.8, 4) is 0 Å². The molecule has 3 heteroatoms. The molecule has 18 heavy (non-hydrogen) atoms. The van der Waals surface area contributed by atoms with Gasteiger partial charge in [-0.25, -0.2) is 0 Å². The van der Waals surface area contributed by atoms with E-state index >= 15 is 0 Å². The third-order valence-corrected chi connectivity index (χ3v) is 2.96. The molecule has 2 rings (SSSR count). The van der Waals surface area contributed by atoms with Crippen LogP contribution in [0.15, 0.2) is 36.5 Å². The minimum absolute atomic E-state index is 0.0400. The average Bonchev–Trinajstić information content (AvgIpc) is 2.34. The molecule has 0 aliphatic heterocycles. The maximum absolute atomic E-state index is 12.2. The molecular weight excluding hydrogens is 224 g/mol. The summed E-state index contributed by atoms with van der Waals surface area (Å²) in [5.41, 5.74) is 9.85. The molecule has 0 aliphatic carbocycles. The van der Waals surface area contributed by atoms with Gasteiger partial charge in [0.05, 0.1) is 5.69 Å². The van der Waals surface area contributed by atoms with E-state index in [9.17, 15) is 4.79 Å². The number of benzene rings is 1. The van der Waals surface area contributed by atoms with Crippen LogP contribution in [0.5, 0.6) is 0 Å². The number of nitrogens with two attached hydrogens (primary N) is 1. The Labute approximate surface area is 107 Å². The molecule has 0 radical (unpaired) electrons. The molecule has 92 valence electrons. The normalized spacial score (nSPS) is 10.3. The third kappa shape index (κ3) is 2.56. The summed E-state index contributed by atoms with van der Waals surface area (Å²) in [6.07, 6.45) is 1.93. The first-order chi connectivity index (χ1) is 8.58. The Balaban J connectivity index is 2.27. The van der Waals surface area contributed by atoms with Crippen LogP contribution in [0.2, 0.25) is 0 Å². The van der Waals surface area contributed by atoms with E-state index in [4.69, 9.17) is 5.73 Å². The van der Waals surface area contributed by atoms with E-state index in [1.54, 1.807) is 18.3 Å². The van der Waals surface area contributed by atoms with Crippen LogP contribution in [0.25, 0.3) is 0 Å². The Morgan fingerprint density at radius 1 is 1.28 bits per heavy atom. The molecule has 0 fully saturated rings. The van der Waals surface area contributed by atoms with Gasteiger partial charge in [0.15, 0.2) is 5.78 Å². The van der Waals surface area contributed by atoms with Crippen molar-refractivity contribution in [1.82, 2.24) is 4.98 Å². The van der Waals surface area contributed by atoms with Crippen LogP contribution in [0.3, 0.4) is 0 Å². The lowest BCUT2D eigenvalue weighted by molar-refractivity contribution is 0.0989. The first-order valence-electron chi connectivity index (χ1n) is 5.88. The number of nitrogen functional groups attached to an aromatic ring is 1. The van der Waals surface area contributed by atoms with Crippen LogP contribution in [0.1, 0.15) is 27.2 Å². The minimum Gasteiger partial charge on any atom is -0.397 e. The van der Waals surface area contributed by atoms with Gasteiger partial charge in [0.2, 0.25) is 0 Å². The minimum atomic E-state index is -0.0400. The highest BCUT2D eigenvalue weighted by Crippen LogP contribution is 2.15. The molecule has 0 spiro atoms. The van der Waals surface area contributed by atoms with Gasteiger partial charge < -0.3 is 5.73 Å². The number of aromatic nitrogens is 1. The second-order valence-electron chi connectivity index (χ2n) is 4.47. The van der Waals surface area contributed by atoms with Gasteiger partial charge in [-0.2, -0.15) is 0 Å². The fourth-order valence-electron chi connectivity index (χ4n) is 1.90. The molecule has 0 saturated heterocycles. The van der Waals surface area contributed by atoms with Gasteiger partial charge in [-0.05, 0) is 37.1 Å². The predicted molar refractivity (Wildman–Crippen MR) is 72.6 cm³/mol. The van der Waals surface area contributed by atoms with E-state index in [-0.39, 0.29) is 5.78 Å². The monoisotopic (exact) mass is 240 g/mol. The number of ketones is 1. The molecule has 0 unspecified atom stereocenters. The van der Waals surface area contributed by atoms with Crippen molar-refractivity contribution in [2.45, 2.75) is 20.3 Å².